The van der Waals surface area contributed by atoms with Crippen molar-refractivity contribution in [1.82, 2.24) is 14.8 Å². The van der Waals surface area contributed by atoms with Gasteiger partial charge >= 0.3 is 0 Å². The molecule has 1 heterocycles. The summed E-state index contributed by atoms with van der Waals surface area (Å²) in [4.78, 5) is 31.0. The van der Waals surface area contributed by atoms with Gasteiger partial charge in [-0.3, -0.25) is 20.2 Å². The number of aryl methyl sites for hydroxylation is 1. The largest absolute Gasteiger partial charge is 0.391 e. The quantitative estimate of drug-likeness (QED) is 0.328. The number of hydrogen-bond acceptors (Lipinski definition) is 8. The topological polar surface area (TPSA) is 125 Å². The Morgan fingerprint density at radius 3 is 2.80 bits per heavy atom. The second-order valence-corrected chi connectivity index (χ2v) is 5.56. The molecule has 2 rings (SSSR count). The maximum absolute atomic E-state index is 11.7. The van der Waals surface area contributed by atoms with Gasteiger partial charge in [0.05, 0.1) is 17.6 Å². The molecule has 0 fully saturated rings. The molecule has 0 spiro atoms. The summed E-state index contributed by atoms with van der Waals surface area (Å²) in [6.07, 6.45) is 3.19. The Bertz CT molecular complexity index is 774. The van der Waals surface area contributed by atoms with Crippen molar-refractivity contribution in [2.24, 2.45) is 12.2 Å². The highest BCUT2D eigenvalue weighted by atomic mass is 32.2. The second-order valence-electron chi connectivity index (χ2n) is 4.78. The van der Waals surface area contributed by atoms with Crippen LogP contribution in [0.15, 0.2) is 34.6 Å². The zero-order valence-electron chi connectivity index (χ0n) is 13.6. The normalized spacial score (nSPS) is 10.8. The Labute approximate surface area is 147 Å². The number of anilines is 1. The molecule has 132 valence electrons. The smallest absolute Gasteiger partial charge is 0.269 e. The third-order valence-corrected chi connectivity index (χ3v) is 3.68. The van der Waals surface area contributed by atoms with E-state index >= 15 is 0 Å². The summed E-state index contributed by atoms with van der Waals surface area (Å²) in [5, 5.41) is 21.5. The highest BCUT2D eigenvalue weighted by Crippen LogP contribution is 2.13. The van der Waals surface area contributed by atoms with Gasteiger partial charge in [0.1, 0.15) is 6.61 Å². The molecule has 0 saturated heterocycles. The summed E-state index contributed by atoms with van der Waals surface area (Å²) in [6, 6.07) is 5.93. The average Bonchev–Trinajstić information content (AvgIpc) is 2.94. The molecule has 1 amide bonds. The lowest BCUT2D eigenvalue weighted by Crippen LogP contribution is -2.13. The van der Waals surface area contributed by atoms with Crippen LogP contribution in [0.4, 0.5) is 11.6 Å². The number of amides is 1. The Balaban J connectivity index is 1.73. The average molecular weight is 364 g/mol. The Kier molecular flexibility index (Phi) is 6.46. The molecule has 2 aromatic rings. The van der Waals surface area contributed by atoms with Crippen LogP contribution in [0, 0.1) is 10.1 Å². The number of benzene rings is 1. The maximum Gasteiger partial charge on any atom is 0.269 e. The molecule has 0 aliphatic heterocycles. The van der Waals surface area contributed by atoms with Gasteiger partial charge < -0.3 is 4.84 Å². The number of carbonyl (C=O) groups is 1. The maximum atomic E-state index is 11.7. The molecule has 1 aromatic heterocycles. The molecule has 1 aromatic carbocycles. The van der Waals surface area contributed by atoms with Gasteiger partial charge in [0, 0.05) is 19.2 Å². The van der Waals surface area contributed by atoms with Gasteiger partial charge in [0.25, 0.3) is 5.69 Å². The molecule has 0 aliphatic carbocycles. The van der Waals surface area contributed by atoms with Crippen LogP contribution in [0.25, 0.3) is 0 Å². The van der Waals surface area contributed by atoms with Crippen molar-refractivity contribution in [2.75, 3.05) is 11.6 Å². The number of nitro groups is 1. The van der Waals surface area contributed by atoms with E-state index in [1.54, 1.807) is 23.9 Å². The molecule has 1 N–H and O–H groups in total. The fourth-order valence-corrected chi connectivity index (χ4v) is 2.26. The molecule has 10 nitrogen and oxygen atoms in total. The number of thioether (sulfide) groups is 1. The molecule has 0 saturated carbocycles. The van der Waals surface area contributed by atoms with Gasteiger partial charge in [0.2, 0.25) is 11.9 Å². The number of carbonyl (C=O) groups excluding carboxylic acids is 1. The minimum absolute atomic E-state index is 0.00706. The lowest BCUT2D eigenvalue weighted by atomic mass is 10.2. The minimum atomic E-state index is -0.472. The van der Waals surface area contributed by atoms with E-state index in [1.165, 1.54) is 30.1 Å². The van der Waals surface area contributed by atoms with E-state index in [9.17, 15) is 14.9 Å². The van der Waals surface area contributed by atoms with E-state index in [-0.39, 0.29) is 30.6 Å². The van der Waals surface area contributed by atoms with Crippen LogP contribution in [0.1, 0.15) is 12.0 Å². The van der Waals surface area contributed by atoms with Crippen LogP contribution in [-0.4, -0.2) is 38.1 Å². The van der Waals surface area contributed by atoms with Crippen molar-refractivity contribution in [3.63, 3.8) is 0 Å². The number of nitrogens with zero attached hydrogens (tertiary/aromatic N) is 5. The van der Waals surface area contributed by atoms with Crippen LogP contribution in [0.2, 0.25) is 0 Å². The number of rotatable bonds is 8. The van der Waals surface area contributed by atoms with Crippen molar-refractivity contribution in [1.29, 1.82) is 0 Å². The number of aromatic nitrogens is 3. The van der Waals surface area contributed by atoms with Crippen LogP contribution >= 0.6 is 11.8 Å². The summed E-state index contributed by atoms with van der Waals surface area (Å²) in [6.45, 7) is 0.148. The third-order valence-electron chi connectivity index (χ3n) is 2.96. The van der Waals surface area contributed by atoms with E-state index in [0.717, 1.165) is 5.56 Å². The number of oxime groups is 1. The summed E-state index contributed by atoms with van der Waals surface area (Å²) in [5.41, 5.74) is 0.742. The molecular formula is C14H16N6O4S. The summed E-state index contributed by atoms with van der Waals surface area (Å²) in [7, 11) is 1.74. The summed E-state index contributed by atoms with van der Waals surface area (Å²) < 4.78 is 1.57. The Hall–Kier alpha value is -2.95. The number of nitro benzene ring substituents is 1. The standard InChI is InChI=1S/C14H16N6O4S/c1-19-14(25-2)17-13(18-19)16-12(21)7-8-15-24-9-10-3-5-11(6-4-10)20(22)23/h3-6,8H,7,9H2,1-2H3,(H,16,18,21). The first kappa shape index (κ1) is 18.4. The summed E-state index contributed by atoms with van der Waals surface area (Å²) >= 11 is 1.42. The fraction of sp³-hybridized carbons (Fsp3) is 0.286. The molecule has 0 unspecified atom stereocenters. The minimum Gasteiger partial charge on any atom is -0.391 e. The Morgan fingerprint density at radius 1 is 1.48 bits per heavy atom. The first-order valence-corrected chi connectivity index (χ1v) is 8.34. The van der Waals surface area contributed by atoms with Gasteiger partial charge in [0.15, 0.2) is 5.16 Å². The van der Waals surface area contributed by atoms with Gasteiger partial charge in [-0.2, -0.15) is 4.98 Å². The highest BCUT2D eigenvalue weighted by Gasteiger charge is 2.08. The molecule has 0 bridgehead atoms. The lowest BCUT2D eigenvalue weighted by Gasteiger charge is -1.99. The predicted octanol–water partition coefficient (Wildman–Crippen LogP) is 1.98. The van der Waals surface area contributed by atoms with Crippen molar-refractivity contribution < 1.29 is 14.6 Å². The number of nitrogens with one attached hydrogen (secondary N) is 1. The first-order valence-electron chi connectivity index (χ1n) is 7.11. The van der Waals surface area contributed by atoms with E-state index in [1.807, 2.05) is 6.26 Å². The monoisotopic (exact) mass is 364 g/mol. The molecular weight excluding hydrogens is 348 g/mol. The van der Waals surface area contributed by atoms with Crippen molar-refractivity contribution >= 4 is 35.5 Å². The number of non-ortho nitro benzene ring substituents is 1. The fourth-order valence-electron chi connectivity index (χ4n) is 1.78. The zero-order chi connectivity index (χ0) is 18.2. The van der Waals surface area contributed by atoms with Gasteiger partial charge in [-0.1, -0.05) is 16.9 Å². The first-order chi connectivity index (χ1) is 12.0. The van der Waals surface area contributed by atoms with Gasteiger partial charge in [-0.25, -0.2) is 4.68 Å². The molecule has 0 atom stereocenters. The van der Waals surface area contributed by atoms with E-state index in [4.69, 9.17) is 4.84 Å². The van der Waals surface area contributed by atoms with Crippen molar-refractivity contribution in [3.8, 4) is 0 Å². The molecule has 0 aliphatic rings. The van der Waals surface area contributed by atoms with Crippen molar-refractivity contribution in [3.05, 3.63) is 39.9 Å². The van der Waals surface area contributed by atoms with E-state index in [2.05, 4.69) is 20.6 Å². The van der Waals surface area contributed by atoms with Crippen LogP contribution < -0.4 is 5.32 Å². The van der Waals surface area contributed by atoms with Crippen LogP contribution in [0.5, 0.6) is 0 Å². The predicted molar refractivity (Wildman–Crippen MR) is 92.4 cm³/mol. The van der Waals surface area contributed by atoms with Crippen LogP contribution in [0.3, 0.4) is 0 Å². The molecule has 11 heteroatoms. The van der Waals surface area contributed by atoms with Crippen molar-refractivity contribution in [2.45, 2.75) is 18.2 Å². The second kappa shape index (κ2) is 8.78. The van der Waals surface area contributed by atoms with Crippen LogP contribution in [-0.2, 0) is 23.3 Å². The van der Waals surface area contributed by atoms with E-state index < -0.39 is 4.92 Å². The number of hydrogen-bond donors (Lipinski definition) is 1. The molecule has 0 radical (unpaired) electrons. The van der Waals surface area contributed by atoms with Gasteiger partial charge in [-0.15, -0.1) is 5.10 Å². The Morgan fingerprint density at radius 2 is 2.20 bits per heavy atom. The van der Waals surface area contributed by atoms with Gasteiger partial charge in [-0.05, 0) is 24.0 Å². The lowest BCUT2D eigenvalue weighted by molar-refractivity contribution is -0.384. The SMILES string of the molecule is CSc1nc(NC(=O)CC=NOCc2ccc([N+](=O)[O-])cc2)nn1C. The highest BCUT2D eigenvalue weighted by molar-refractivity contribution is 7.98. The third kappa shape index (κ3) is 5.57. The summed E-state index contributed by atoms with van der Waals surface area (Å²) in [5.74, 6) is -0.0852. The zero-order valence-corrected chi connectivity index (χ0v) is 14.4. The molecule has 25 heavy (non-hydrogen) atoms. The van der Waals surface area contributed by atoms with E-state index in [0.29, 0.717) is 5.16 Å².